The lowest BCUT2D eigenvalue weighted by Crippen LogP contribution is -2.33. The fourth-order valence-electron chi connectivity index (χ4n) is 2.27. The minimum absolute atomic E-state index is 0.279. The number of nitrogen functional groups attached to an aromatic ring is 1. The van der Waals surface area contributed by atoms with Crippen LogP contribution in [0.5, 0.6) is 5.75 Å². The van der Waals surface area contributed by atoms with Gasteiger partial charge in [-0.05, 0) is 30.9 Å². The summed E-state index contributed by atoms with van der Waals surface area (Å²) in [4.78, 5) is 2.10. The number of alkyl halides is 3. The van der Waals surface area contributed by atoms with Gasteiger partial charge in [0.1, 0.15) is 5.75 Å². The van der Waals surface area contributed by atoms with Crippen molar-refractivity contribution in [2.75, 3.05) is 23.7 Å². The third-order valence-electron chi connectivity index (χ3n) is 3.36. The number of piperidine rings is 1. The van der Waals surface area contributed by atoms with Crippen LogP contribution in [0.1, 0.15) is 19.8 Å². The highest BCUT2D eigenvalue weighted by Crippen LogP contribution is 2.32. The molecule has 1 heterocycles. The van der Waals surface area contributed by atoms with Gasteiger partial charge in [0.15, 0.2) is 0 Å². The molecule has 1 aromatic carbocycles. The molecule has 19 heavy (non-hydrogen) atoms. The molecule has 0 radical (unpaired) electrons. The Morgan fingerprint density at radius 3 is 2.42 bits per heavy atom. The molecule has 0 atom stereocenters. The molecule has 0 unspecified atom stereocenters. The summed E-state index contributed by atoms with van der Waals surface area (Å²) in [6.07, 6.45) is -2.55. The first kappa shape index (κ1) is 13.8. The molecule has 1 aliphatic rings. The zero-order valence-corrected chi connectivity index (χ0v) is 10.7. The predicted molar refractivity (Wildman–Crippen MR) is 68.1 cm³/mol. The molecular formula is C13H17F3N2O. The molecule has 1 fully saturated rings. The van der Waals surface area contributed by atoms with Crippen molar-refractivity contribution in [1.82, 2.24) is 0 Å². The largest absolute Gasteiger partial charge is 0.573 e. The molecule has 1 aliphatic heterocycles. The molecule has 6 heteroatoms. The average molecular weight is 274 g/mol. The molecule has 0 amide bonds. The maximum Gasteiger partial charge on any atom is 0.573 e. The summed E-state index contributed by atoms with van der Waals surface area (Å²) in [5.74, 6) is 0.407. The number of nitrogens with zero attached hydrogens (tertiary/aromatic N) is 1. The van der Waals surface area contributed by atoms with Crippen LogP contribution >= 0.6 is 0 Å². The summed E-state index contributed by atoms with van der Waals surface area (Å²) < 4.78 is 40.1. The highest BCUT2D eigenvalue weighted by molar-refractivity contribution is 5.69. The highest BCUT2D eigenvalue weighted by Gasteiger charge is 2.31. The molecule has 0 aliphatic carbocycles. The van der Waals surface area contributed by atoms with Gasteiger partial charge in [-0.1, -0.05) is 6.92 Å². The Balaban J connectivity index is 2.11. The van der Waals surface area contributed by atoms with Gasteiger partial charge in [0.05, 0.1) is 11.4 Å². The molecule has 0 saturated carbocycles. The van der Waals surface area contributed by atoms with Crippen LogP contribution < -0.4 is 15.4 Å². The first-order valence-electron chi connectivity index (χ1n) is 6.25. The second-order valence-corrected chi connectivity index (χ2v) is 4.94. The van der Waals surface area contributed by atoms with Crippen LogP contribution in [0.4, 0.5) is 24.5 Å². The number of hydrogen-bond acceptors (Lipinski definition) is 3. The summed E-state index contributed by atoms with van der Waals surface area (Å²) in [6.45, 7) is 3.96. The number of rotatable bonds is 2. The number of ether oxygens (including phenoxy) is 1. The van der Waals surface area contributed by atoms with Gasteiger partial charge in [-0.3, -0.25) is 0 Å². The van der Waals surface area contributed by atoms with Crippen LogP contribution in [-0.2, 0) is 0 Å². The van der Waals surface area contributed by atoms with Crippen molar-refractivity contribution in [3.05, 3.63) is 18.2 Å². The maximum atomic E-state index is 12.1. The van der Waals surface area contributed by atoms with E-state index in [1.54, 1.807) is 6.07 Å². The van der Waals surface area contributed by atoms with Gasteiger partial charge in [-0.15, -0.1) is 13.2 Å². The Morgan fingerprint density at radius 1 is 1.26 bits per heavy atom. The SMILES string of the molecule is CC1CCN(c2ccc(OC(F)(F)F)cc2N)CC1. The second-order valence-electron chi connectivity index (χ2n) is 4.94. The standard InChI is InChI=1S/C13H17F3N2O/c1-9-4-6-18(7-5-9)12-3-2-10(8-11(12)17)19-13(14,15)16/h2-3,8-9H,4-7,17H2,1H3. The monoisotopic (exact) mass is 274 g/mol. The lowest BCUT2D eigenvalue weighted by molar-refractivity contribution is -0.274. The van der Waals surface area contributed by atoms with Gasteiger partial charge in [0.25, 0.3) is 0 Å². The third kappa shape index (κ3) is 3.68. The Hall–Kier alpha value is -1.59. The van der Waals surface area contributed by atoms with Gasteiger partial charge in [-0.25, -0.2) is 0 Å². The van der Waals surface area contributed by atoms with Crippen LogP contribution in [-0.4, -0.2) is 19.5 Å². The quantitative estimate of drug-likeness (QED) is 0.840. The fraction of sp³-hybridized carbons (Fsp3) is 0.538. The second kappa shape index (κ2) is 5.19. The molecular weight excluding hydrogens is 257 g/mol. The van der Waals surface area contributed by atoms with E-state index in [2.05, 4.69) is 16.6 Å². The number of anilines is 2. The van der Waals surface area contributed by atoms with E-state index in [0.29, 0.717) is 11.6 Å². The van der Waals surface area contributed by atoms with Crippen molar-refractivity contribution in [1.29, 1.82) is 0 Å². The number of halogens is 3. The highest BCUT2D eigenvalue weighted by atomic mass is 19.4. The van der Waals surface area contributed by atoms with E-state index >= 15 is 0 Å². The van der Waals surface area contributed by atoms with E-state index in [1.807, 2.05) is 0 Å². The zero-order chi connectivity index (χ0) is 14.0. The molecule has 106 valence electrons. The molecule has 2 N–H and O–H groups in total. The number of nitrogens with two attached hydrogens (primary N) is 1. The van der Waals surface area contributed by atoms with E-state index in [9.17, 15) is 13.2 Å². The van der Waals surface area contributed by atoms with E-state index in [-0.39, 0.29) is 5.75 Å². The molecule has 0 spiro atoms. The van der Waals surface area contributed by atoms with Gasteiger partial charge < -0.3 is 15.4 Å². The maximum absolute atomic E-state index is 12.1. The summed E-state index contributed by atoms with van der Waals surface area (Å²) in [5.41, 5.74) is 6.91. The lowest BCUT2D eigenvalue weighted by Gasteiger charge is -2.33. The Labute approximate surface area is 110 Å². The van der Waals surface area contributed by atoms with E-state index < -0.39 is 6.36 Å². The van der Waals surface area contributed by atoms with E-state index in [1.165, 1.54) is 12.1 Å². The first-order valence-corrected chi connectivity index (χ1v) is 6.25. The minimum Gasteiger partial charge on any atom is -0.406 e. The number of benzene rings is 1. The van der Waals surface area contributed by atoms with Crippen molar-refractivity contribution in [3.63, 3.8) is 0 Å². The van der Waals surface area contributed by atoms with Gasteiger partial charge in [-0.2, -0.15) is 0 Å². The summed E-state index contributed by atoms with van der Waals surface area (Å²) in [6, 6.07) is 4.12. The van der Waals surface area contributed by atoms with E-state index in [0.717, 1.165) is 31.6 Å². The fourth-order valence-corrected chi connectivity index (χ4v) is 2.27. The minimum atomic E-state index is -4.69. The van der Waals surface area contributed by atoms with Crippen molar-refractivity contribution in [3.8, 4) is 5.75 Å². The molecule has 1 saturated heterocycles. The molecule has 1 aromatic rings. The van der Waals surface area contributed by atoms with Crippen molar-refractivity contribution in [2.45, 2.75) is 26.1 Å². The summed E-state index contributed by atoms with van der Waals surface area (Å²) in [5, 5.41) is 0. The average Bonchev–Trinajstić information content (AvgIpc) is 2.29. The molecule has 0 aromatic heterocycles. The van der Waals surface area contributed by atoms with E-state index in [4.69, 9.17) is 5.73 Å². The van der Waals surface area contributed by atoms with Crippen molar-refractivity contribution < 1.29 is 17.9 Å². The van der Waals surface area contributed by atoms with Crippen molar-refractivity contribution in [2.24, 2.45) is 5.92 Å². The van der Waals surface area contributed by atoms with Gasteiger partial charge >= 0.3 is 6.36 Å². The molecule has 0 bridgehead atoms. The van der Waals surface area contributed by atoms with Gasteiger partial charge in [0, 0.05) is 19.2 Å². The predicted octanol–water partition coefficient (Wildman–Crippen LogP) is 3.40. The molecule has 2 rings (SSSR count). The van der Waals surface area contributed by atoms with Crippen LogP contribution in [0, 0.1) is 5.92 Å². The third-order valence-corrected chi connectivity index (χ3v) is 3.36. The molecule has 3 nitrogen and oxygen atoms in total. The normalized spacial score (nSPS) is 17.6. The zero-order valence-electron chi connectivity index (χ0n) is 10.7. The summed E-state index contributed by atoms with van der Waals surface area (Å²) >= 11 is 0. The van der Waals surface area contributed by atoms with Crippen LogP contribution in [0.15, 0.2) is 18.2 Å². The first-order chi connectivity index (χ1) is 8.85. The number of hydrogen-bond donors (Lipinski definition) is 1. The Kier molecular flexibility index (Phi) is 3.78. The van der Waals surface area contributed by atoms with Gasteiger partial charge in [0.2, 0.25) is 0 Å². The smallest absolute Gasteiger partial charge is 0.406 e. The Bertz CT molecular complexity index is 440. The summed E-state index contributed by atoms with van der Waals surface area (Å²) in [7, 11) is 0. The van der Waals surface area contributed by atoms with Crippen LogP contribution in [0.2, 0.25) is 0 Å². The Morgan fingerprint density at radius 2 is 1.89 bits per heavy atom. The van der Waals surface area contributed by atoms with Crippen LogP contribution in [0.3, 0.4) is 0 Å². The topological polar surface area (TPSA) is 38.5 Å². The lowest BCUT2D eigenvalue weighted by atomic mass is 9.98. The van der Waals surface area contributed by atoms with Crippen LogP contribution in [0.25, 0.3) is 0 Å². The van der Waals surface area contributed by atoms with Crippen molar-refractivity contribution >= 4 is 11.4 Å².